The van der Waals surface area contributed by atoms with E-state index in [1.54, 1.807) is 19.1 Å². The molecule has 1 rings (SSSR count). The quantitative estimate of drug-likeness (QED) is 0.701. The molecule has 0 saturated carbocycles. The van der Waals surface area contributed by atoms with Gasteiger partial charge in [-0.05, 0) is 32.9 Å². The zero-order chi connectivity index (χ0) is 13.8. The van der Waals surface area contributed by atoms with Gasteiger partial charge in [-0.2, -0.15) is 0 Å². The fourth-order valence-corrected chi connectivity index (χ4v) is 1.28. The first-order valence-corrected chi connectivity index (χ1v) is 5.64. The van der Waals surface area contributed by atoms with Crippen LogP contribution in [0.4, 0.5) is 0 Å². The summed E-state index contributed by atoms with van der Waals surface area (Å²) in [5.74, 6) is -0.636. The van der Waals surface area contributed by atoms with Gasteiger partial charge in [0.15, 0.2) is 0 Å². The third kappa shape index (κ3) is 3.89. The maximum absolute atomic E-state index is 11.6. The molecule has 0 radical (unpaired) electrons. The summed E-state index contributed by atoms with van der Waals surface area (Å²) in [6.45, 7) is 4.72. The number of carbonyl (C=O) groups is 2. The van der Waals surface area contributed by atoms with Gasteiger partial charge in [-0.3, -0.25) is 14.9 Å². The zero-order valence-corrected chi connectivity index (χ0v) is 10.7. The molecule has 6 heteroatoms. The van der Waals surface area contributed by atoms with Crippen molar-refractivity contribution >= 4 is 11.9 Å². The molecule has 18 heavy (non-hydrogen) atoms. The Kier molecular flexibility index (Phi) is 4.49. The van der Waals surface area contributed by atoms with Crippen LogP contribution in [-0.2, 0) is 9.59 Å². The number of hydrogen-bond acceptors (Lipinski definition) is 4. The highest BCUT2D eigenvalue weighted by atomic mass is 16.4. The minimum absolute atomic E-state index is 0.0651. The predicted octanol–water partition coefficient (Wildman–Crippen LogP) is 0.910. The van der Waals surface area contributed by atoms with E-state index < -0.39 is 11.5 Å². The molecule has 1 heterocycles. The van der Waals surface area contributed by atoms with Crippen LogP contribution in [0.2, 0.25) is 0 Å². The van der Waals surface area contributed by atoms with Crippen molar-refractivity contribution < 1.29 is 19.1 Å². The second kappa shape index (κ2) is 5.68. The van der Waals surface area contributed by atoms with Crippen LogP contribution in [0.1, 0.15) is 32.6 Å². The first kappa shape index (κ1) is 14.2. The fourth-order valence-electron chi connectivity index (χ4n) is 1.28. The molecule has 0 spiro atoms. The lowest BCUT2D eigenvalue weighted by Gasteiger charge is -2.21. The SMILES string of the molecule is CC(NC(=O)CNC(C)(C)C(=O)O)c1ccco1. The second-order valence-electron chi connectivity index (χ2n) is 4.59. The topological polar surface area (TPSA) is 91.6 Å². The van der Waals surface area contributed by atoms with Gasteiger partial charge >= 0.3 is 5.97 Å². The maximum atomic E-state index is 11.6. The number of furan rings is 1. The highest BCUT2D eigenvalue weighted by Crippen LogP contribution is 2.11. The van der Waals surface area contributed by atoms with Crippen molar-refractivity contribution in [2.75, 3.05) is 6.54 Å². The molecule has 0 aliphatic carbocycles. The molecule has 1 atom stereocenters. The number of amides is 1. The van der Waals surface area contributed by atoms with E-state index >= 15 is 0 Å². The monoisotopic (exact) mass is 254 g/mol. The number of aliphatic carboxylic acids is 1. The Morgan fingerprint density at radius 2 is 2.17 bits per heavy atom. The normalized spacial score (nSPS) is 13.1. The zero-order valence-electron chi connectivity index (χ0n) is 10.7. The highest BCUT2D eigenvalue weighted by Gasteiger charge is 2.27. The van der Waals surface area contributed by atoms with Gasteiger partial charge in [-0.15, -0.1) is 0 Å². The van der Waals surface area contributed by atoms with Gasteiger partial charge in [0.2, 0.25) is 5.91 Å². The summed E-state index contributed by atoms with van der Waals surface area (Å²) >= 11 is 0. The third-order valence-corrected chi connectivity index (χ3v) is 2.57. The largest absolute Gasteiger partial charge is 0.480 e. The maximum Gasteiger partial charge on any atom is 0.323 e. The number of carbonyl (C=O) groups excluding carboxylic acids is 1. The number of carboxylic acids is 1. The minimum Gasteiger partial charge on any atom is -0.480 e. The van der Waals surface area contributed by atoms with Gasteiger partial charge in [0.1, 0.15) is 11.3 Å². The molecule has 0 fully saturated rings. The average molecular weight is 254 g/mol. The van der Waals surface area contributed by atoms with Crippen molar-refractivity contribution in [1.29, 1.82) is 0 Å². The molecule has 0 bridgehead atoms. The smallest absolute Gasteiger partial charge is 0.323 e. The first-order chi connectivity index (χ1) is 8.33. The van der Waals surface area contributed by atoms with Gasteiger partial charge in [0, 0.05) is 0 Å². The molecule has 1 aromatic heterocycles. The van der Waals surface area contributed by atoms with Crippen molar-refractivity contribution in [3.8, 4) is 0 Å². The molecular weight excluding hydrogens is 236 g/mol. The summed E-state index contributed by atoms with van der Waals surface area (Å²) in [6.07, 6.45) is 1.53. The lowest BCUT2D eigenvalue weighted by atomic mass is 10.1. The number of nitrogens with one attached hydrogen (secondary N) is 2. The molecule has 0 aliphatic rings. The second-order valence-corrected chi connectivity index (χ2v) is 4.59. The molecule has 1 aromatic rings. The van der Waals surface area contributed by atoms with Crippen LogP contribution in [0.25, 0.3) is 0 Å². The van der Waals surface area contributed by atoms with Crippen molar-refractivity contribution in [1.82, 2.24) is 10.6 Å². The lowest BCUT2D eigenvalue weighted by molar-refractivity contribution is -0.143. The predicted molar refractivity (Wildman–Crippen MR) is 65.0 cm³/mol. The minimum atomic E-state index is -1.13. The molecule has 0 aliphatic heterocycles. The van der Waals surface area contributed by atoms with Crippen LogP contribution in [0, 0.1) is 0 Å². The Morgan fingerprint density at radius 1 is 1.50 bits per heavy atom. The fraction of sp³-hybridized carbons (Fsp3) is 0.500. The van der Waals surface area contributed by atoms with Gasteiger partial charge in [-0.25, -0.2) is 0 Å². The van der Waals surface area contributed by atoms with E-state index in [2.05, 4.69) is 10.6 Å². The molecule has 6 nitrogen and oxygen atoms in total. The Hall–Kier alpha value is -1.82. The summed E-state index contributed by atoms with van der Waals surface area (Å²) in [6, 6.07) is 3.26. The molecule has 0 saturated heterocycles. The van der Waals surface area contributed by atoms with E-state index in [1.807, 2.05) is 0 Å². The van der Waals surface area contributed by atoms with Crippen LogP contribution >= 0.6 is 0 Å². The lowest BCUT2D eigenvalue weighted by Crippen LogP contribution is -2.50. The summed E-state index contributed by atoms with van der Waals surface area (Å²) in [4.78, 5) is 22.4. The van der Waals surface area contributed by atoms with Crippen molar-refractivity contribution in [3.05, 3.63) is 24.2 Å². The van der Waals surface area contributed by atoms with Crippen LogP contribution in [0.15, 0.2) is 22.8 Å². The molecule has 3 N–H and O–H groups in total. The Labute approximate surface area is 105 Å². The Morgan fingerprint density at radius 3 is 2.67 bits per heavy atom. The molecule has 100 valence electrons. The van der Waals surface area contributed by atoms with E-state index in [4.69, 9.17) is 9.52 Å². The van der Waals surface area contributed by atoms with Gasteiger partial charge in [0.05, 0.1) is 18.8 Å². The van der Waals surface area contributed by atoms with E-state index in [1.165, 1.54) is 20.1 Å². The van der Waals surface area contributed by atoms with Gasteiger partial charge in [0.25, 0.3) is 0 Å². The number of carboxylic acid groups (broad SMARTS) is 1. The summed E-state index contributed by atoms with van der Waals surface area (Å²) in [7, 11) is 0. The summed E-state index contributed by atoms with van der Waals surface area (Å²) < 4.78 is 5.15. The standard InChI is InChI=1S/C12H18N2O4/c1-8(9-5-4-6-18-9)14-10(15)7-13-12(2,3)11(16)17/h4-6,8,13H,7H2,1-3H3,(H,14,15)(H,16,17). The Bertz CT molecular complexity index is 412. The molecule has 0 aromatic carbocycles. The van der Waals surface area contributed by atoms with E-state index in [0.717, 1.165) is 0 Å². The molecule has 1 unspecified atom stereocenters. The molecular formula is C12H18N2O4. The number of rotatable bonds is 6. The van der Waals surface area contributed by atoms with E-state index in [0.29, 0.717) is 5.76 Å². The third-order valence-electron chi connectivity index (χ3n) is 2.57. The summed E-state index contributed by atoms with van der Waals surface area (Å²) in [5.41, 5.74) is -1.13. The summed E-state index contributed by atoms with van der Waals surface area (Å²) in [5, 5.41) is 14.2. The van der Waals surface area contributed by atoms with E-state index in [9.17, 15) is 9.59 Å². The highest BCUT2D eigenvalue weighted by molar-refractivity contribution is 5.81. The molecule has 1 amide bonds. The first-order valence-electron chi connectivity index (χ1n) is 5.64. The average Bonchev–Trinajstić information content (AvgIpc) is 2.79. The van der Waals surface area contributed by atoms with Crippen LogP contribution in [0.5, 0.6) is 0 Å². The van der Waals surface area contributed by atoms with E-state index in [-0.39, 0.29) is 18.5 Å². The van der Waals surface area contributed by atoms with Crippen LogP contribution in [0.3, 0.4) is 0 Å². The Balaban J connectivity index is 2.41. The van der Waals surface area contributed by atoms with Gasteiger partial charge in [-0.1, -0.05) is 0 Å². The van der Waals surface area contributed by atoms with Crippen LogP contribution < -0.4 is 10.6 Å². The van der Waals surface area contributed by atoms with Crippen molar-refractivity contribution in [2.45, 2.75) is 32.4 Å². The van der Waals surface area contributed by atoms with Crippen LogP contribution in [-0.4, -0.2) is 29.1 Å². The van der Waals surface area contributed by atoms with Crippen molar-refractivity contribution in [2.24, 2.45) is 0 Å². The van der Waals surface area contributed by atoms with Gasteiger partial charge < -0.3 is 14.8 Å². The van der Waals surface area contributed by atoms with Crippen molar-refractivity contribution in [3.63, 3.8) is 0 Å². The number of hydrogen-bond donors (Lipinski definition) is 3.